The number of hydrogen-bond donors (Lipinski definition) is 1. The summed E-state index contributed by atoms with van der Waals surface area (Å²) in [6.45, 7) is 0. The Morgan fingerprint density at radius 2 is 1.71 bits per heavy atom. The molecule has 0 saturated carbocycles. The number of nitrogens with zero attached hydrogens (tertiary/aromatic N) is 5. The third kappa shape index (κ3) is 3.94. The molecule has 0 saturated heterocycles. The Morgan fingerprint density at radius 3 is 2.35 bits per heavy atom. The summed E-state index contributed by atoms with van der Waals surface area (Å²) >= 11 is 5.94. The molecule has 0 aliphatic rings. The topological polar surface area (TPSA) is 82.5 Å². The number of benzene rings is 1. The van der Waals surface area contributed by atoms with Crippen molar-refractivity contribution >= 4 is 28.6 Å². The second-order valence-electron chi connectivity index (χ2n) is 7.48. The zero-order chi connectivity index (χ0) is 23.9. The number of nitrogens with two attached hydrogens (primary N) is 1. The predicted molar refractivity (Wildman–Crippen MR) is 124 cm³/mol. The van der Waals surface area contributed by atoms with Gasteiger partial charge >= 0.3 is 6.18 Å². The van der Waals surface area contributed by atoms with Gasteiger partial charge in [0.15, 0.2) is 11.5 Å². The van der Waals surface area contributed by atoms with Crippen molar-refractivity contribution in [3.05, 3.63) is 84.3 Å². The molecule has 0 bridgehead atoms. The first-order chi connectivity index (χ1) is 16.3. The van der Waals surface area contributed by atoms with Gasteiger partial charge in [-0.1, -0.05) is 12.1 Å². The van der Waals surface area contributed by atoms with E-state index in [9.17, 15) is 13.2 Å². The van der Waals surface area contributed by atoms with Gasteiger partial charge in [-0.25, -0.2) is 15.0 Å². The molecule has 0 aliphatic carbocycles. The fourth-order valence-electron chi connectivity index (χ4n) is 3.60. The highest BCUT2D eigenvalue weighted by molar-refractivity contribution is 6.17. The van der Waals surface area contributed by atoms with Crippen molar-refractivity contribution in [2.45, 2.75) is 12.1 Å². The standard InChI is InChI=1S/C24H16ClF3N6/c25-12-14-3-6-16(7-4-14)34-22(17-2-1-11-30-21(17)29)33-19-9-8-18(32-23(19)34)15-5-10-20(31-13-15)24(26,27)28/h1-11,13H,12H2,(H2,29,30). The molecular formula is C24H16ClF3N6. The van der Waals surface area contributed by atoms with E-state index in [0.717, 1.165) is 23.5 Å². The molecule has 10 heteroatoms. The first-order valence-electron chi connectivity index (χ1n) is 10.1. The van der Waals surface area contributed by atoms with Gasteiger partial charge in [-0.05, 0) is 54.1 Å². The molecule has 2 N–H and O–H groups in total. The fourth-order valence-corrected chi connectivity index (χ4v) is 3.78. The second-order valence-corrected chi connectivity index (χ2v) is 7.74. The average molecular weight is 481 g/mol. The third-order valence-corrected chi connectivity index (χ3v) is 5.59. The Kier molecular flexibility index (Phi) is 5.41. The van der Waals surface area contributed by atoms with E-state index >= 15 is 0 Å². The van der Waals surface area contributed by atoms with E-state index in [1.165, 1.54) is 6.07 Å². The zero-order valence-electron chi connectivity index (χ0n) is 17.5. The lowest BCUT2D eigenvalue weighted by molar-refractivity contribution is -0.141. The number of rotatable bonds is 4. The van der Waals surface area contributed by atoms with Gasteiger partial charge in [0.05, 0.1) is 11.3 Å². The van der Waals surface area contributed by atoms with Crippen LogP contribution in [-0.4, -0.2) is 24.5 Å². The first-order valence-corrected chi connectivity index (χ1v) is 10.7. The molecule has 4 aromatic heterocycles. The van der Waals surface area contributed by atoms with E-state index in [2.05, 4.69) is 9.97 Å². The van der Waals surface area contributed by atoms with E-state index in [4.69, 9.17) is 27.3 Å². The molecule has 0 fully saturated rings. The summed E-state index contributed by atoms with van der Waals surface area (Å²) < 4.78 is 40.6. The number of anilines is 1. The summed E-state index contributed by atoms with van der Waals surface area (Å²) in [7, 11) is 0. The van der Waals surface area contributed by atoms with Gasteiger partial charge in [0, 0.05) is 29.5 Å². The number of nitrogen functional groups attached to an aromatic ring is 1. The van der Waals surface area contributed by atoms with Crippen molar-refractivity contribution < 1.29 is 13.2 Å². The van der Waals surface area contributed by atoms with Crippen LogP contribution in [0, 0.1) is 0 Å². The Balaban J connectivity index is 1.71. The van der Waals surface area contributed by atoms with E-state index in [1.807, 2.05) is 34.9 Å². The van der Waals surface area contributed by atoms with Gasteiger partial charge in [-0.3, -0.25) is 9.55 Å². The maximum atomic E-state index is 12.9. The van der Waals surface area contributed by atoms with Gasteiger partial charge in [0.25, 0.3) is 0 Å². The van der Waals surface area contributed by atoms with Crippen LogP contribution in [-0.2, 0) is 12.1 Å². The highest BCUT2D eigenvalue weighted by Crippen LogP contribution is 2.32. The van der Waals surface area contributed by atoms with Gasteiger partial charge < -0.3 is 5.73 Å². The summed E-state index contributed by atoms with van der Waals surface area (Å²) in [5.41, 5.74) is 9.51. The van der Waals surface area contributed by atoms with Crippen LogP contribution in [0.5, 0.6) is 0 Å². The number of aromatic nitrogens is 5. The normalized spacial score (nSPS) is 11.8. The molecule has 0 atom stereocenters. The summed E-state index contributed by atoms with van der Waals surface area (Å²) in [6.07, 6.45) is -1.76. The third-order valence-electron chi connectivity index (χ3n) is 5.28. The van der Waals surface area contributed by atoms with Crippen LogP contribution in [0.1, 0.15) is 11.3 Å². The summed E-state index contributed by atoms with van der Waals surface area (Å²) in [5, 5.41) is 0. The lowest BCUT2D eigenvalue weighted by Crippen LogP contribution is -2.07. The Labute approximate surface area is 196 Å². The van der Waals surface area contributed by atoms with Crippen LogP contribution < -0.4 is 5.73 Å². The first kappa shape index (κ1) is 21.8. The number of imidazole rings is 1. The molecule has 0 aliphatic heterocycles. The predicted octanol–water partition coefficient (Wildman–Crippen LogP) is 5.88. The highest BCUT2D eigenvalue weighted by atomic mass is 35.5. The number of hydrogen-bond acceptors (Lipinski definition) is 5. The molecule has 0 radical (unpaired) electrons. The quantitative estimate of drug-likeness (QED) is 0.324. The molecular weight excluding hydrogens is 465 g/mol. The molecule has 5 rings (SSSR count). The number of fused-ring (bicyclic) bond motifs is 1. The van der Waals surface area contributed by atoms with Gasteiger partial charge in [0.2, 0.25) is 0 Å². The van der Waals surface area contributed by atoms with Crippen molar-refractivity contribution in [1.82, 2.24) is 24.5 Å². The molecule has 0 spiro atoms. The van der Waals surface area contributed by atoms with Gasteiger partial charge in [0.1, 0.15) is 17.0 Å². The minimum atomic E-state index is -4.51. The van der Waals surface area contributed by atoms with E-state index < -0.39 is 11.9 Å². The van der Waals surface area contributed by atoms with Crippen LogP contribution in [0.4, 0.5) is 19.0 Å². The zero-order valence-corrected chi connectivity index (χ0v) is 18.2. The summed E-state index contributed by atoms with van der Waals surface area (Å²) in [5.74, 6) is 1.22. The van der Waals surface area contributed by atoms with Crippen molar-refractivity contribution in [2.75, 3.05) is 5.73 Å². The Bertz CT molecular complexity index is 1480. The molecule has 0 amide bonds. The van der Waals surface area contributed by atoms with Gasteiger partial charge in [-0.2, -0.15) is 13.2 Å². The van der Waals surface area contributed by atoms with Crippen LogP contribution >= 0.6 is 11.6 Å². The molecule has 0 unspecified atom stereocenters. The lowest BCUT2D eigenvalue weighted by atomic mass is 10.1. The number of alkyl halides is 4. The van der Waals surface area contributed by atoms with Crippen LogP contribution in [0.3, 0.4) is 0 Å². The van der Waals surface area contributed by atoms with Crippen molar-refractivity contribution in [1.29, 1.82) is 0 Å². The molecule has 4 heterocycles. The van der Waals surface area contributed by atoms with Crippen molar-refractivity contribution in [2.24, 2.45) is 0 Å². The lowest BCUT2D eigenvalue weighted by Gasteiger charge is -2.11. The van der Waals surface area contributed by atoms with Crippen molar-refractivity contribution in [3.8, 4) is 28.3 Å². The Hall–Kier alpha value is -3.98. The molecule has 6 nitrogen and oxygen atoms in total. The van der Waals surface area contributed by atoms with Crippen LogP contribution in [0.15, 0.2) is 73.1 Å². The maximum Gasteiger partial charge on any atom is 0.433 e. The summed E-state index contributed by atoms with van der Waals surface area (Å²) in [6, 6.07) is 16.9. The number of pyridine rings is 3. The average Bonchev–Trinajstić information content (AvgIpc) is 3.22. The minimum absolute atomic E-state index is 0.309. The van der Waals surface area contributed by atoms with E-state index in [1.54, 1.807) is 24.4 Å². The largest absolute Gasteiger partial charge is 0.433 e. The maximum absolute atomic E-state index is 12.9. The minimum Gasteiger partial charge on any atom is -0.383 e. The highest BCUT2D eigenvalue weighted by Gasteiger charge is 2.32. The SMILES string of the molecule is Nc1ncccc1-c1nc2ccc(-c3ccc(C(F)(F)F)nc3)nc2n1-c1ccc(CCl)cc1. The monoisotopic (exact) mass is 480 g/mol. The van der Waals surface area contributed by atoms with Crippen molar-refractivity contribution in [3.63, 3.8) is 0 Å². The summed E-state index contributed by atoms with van der Waals surface area (Å²) in [4.78, 5) is 17.2. The second kappa shape index (κ2) is 8.42. The van der Waals surface area contributed by atoms with Gasteiger partial charge in [-0.15, -0.1) is 11.6 Å². The molecule has 5 aromatic rings. The molecule has 34 heavy (non-hydrogen) atoms. The number of halogens is 4. The fraction of sp³-hybridized carbons (Fsp3) is 0.0833. The Morgan fingerprint density at radius 1 is 0.912 bits per heavy atom. The van der Waals surface area contributed by atoms with E-state index in [0.29, 0.717) is 45.5 Å². The smallest absolute Gasteiger partial charge is 0.383 e. The van der Waals surface area contributed by atoms with Crippen LogP contribution in [0.2, 0.25) is 0 Å². The van der Waals surface area contributed by atoms with Crippen LogP contribution in [0.25, 0.3) is 39.5 Å². The van der Waals surface area contributed by atoms with E-state index in [-0.39, 0.29) is 0 Å². The molecule has 170 valence electrons. The molecule has 1 aromatic carbocycles.